The number of hydrogen-bond acceptors (Lipinski definition) is 4. The van der Waals surface area contributed by atoms with Gasteiger partial charge in [0.05, 0.1) is 7.11 Å². The summed E-state index contributed by atoms with van der Waals surface area (Å²) in [6.45, 7) is 2.34. The second-order valence-corrected chi connectivity index (χ2v) is 10.3. The van der Waals surface area contributed by atoms with Gasteiger partial charge in [-0.3, -0.25) is 9.59 Å². The lowest BCUT2D eigenvalue weighted by Crippen LogP contribution is -2.51. The van der Waals surface area contributed by atoms with E-state index in [1.165, 1.54) is 6.42 Å². The van der Waals surface area contributed by atoms with Gasteiger partial charge in [-0.25, -0.2) is 0 Å². The van der Waals surface area contributed by atoms with Crippen LogP contribution in [0.4, 0.5) is 0 Å². The number of rotatable bonds is 11. The molecule has 184 valence electrons. The molecule has 34 heavy (non-hydrogen) atoms. The number of ether oxygens (including phenoxy) is 1. The van der Waals surface area contributed by atoms with Gasteiger partial charge in [0.25, 0.3) is 0 Å². The summed E-state index contributed by atoms with van der Waals surface area (Å²) in [6.07, 6.45) is 6.48. The average molecular weight is 503 g/mol. The number of nitrogens with one attached hydrogen (secondary N) is 1. The van der Waals surface area contributed by atoms with Crippen LogP contribution in [0.2, 0.25) is 5.02 Å². The third-order valence-corrected chi connectivity index (χ3v) is 7.49. The molecule has 5 nitrogen and oxygen atoms in total. The van der Waals surface area contributed by atoms with E-state index in [2.05, 4.69) is 5.32 Å². The summed E-state index contributed by atoms with van der Waals surface area (Å²) in [5.74, 6) is 1.31. The maximum atomic E-state index is 13.4. The zero-order valence-electron chi connectivity index (χ0n) is 20.1. The number of carbonyl (C=O) groups excluding carboxylic acids is 2. The largest absolute Gasteiger partial charge is 0.497 e. The number of benzene rings is 2. The number of nitrogens with zero attached hydrogens (tertiary/aromatic N) is 1. The summed E-state index contributed by atoms with van der Waals surface area (Å²) < 4.78 is 5.36. The first kappa shape index (κ1) is 26.4. The van der Waals surface area contributed by atoms with Gasteiger partial charge < -0.3 is 15.0 Å². The molecule has 0 radical (unpaired) electrons. The summed E-state index contributed by atoms with van der Waals surface area (Å²) in [5, 5.41) is 3.92. The fraction of sp³-hybridized carbons (Fsp3) is 0.481. The first-order chi connectivity index (χ1) is 16.5. The molecule has 1 atom stereocenters. The minimum Gasteiger partial charge on any atom is -0.497 e. The quantitative estimate of drug-likeness (QED) is 0.378. The zero-order valence-corrected chi connectivity index (χ0v) is 21.7. The van der Waals surface area contributed by atoms with Crippen molar-refractivity contribution in [3.63, 3.8) is 0 Å². The van der Waals surface area contributed by atoms with Crippen LogP contribution >= 0.6 is 23.4 Å². The third kappa shape index (κ3) is 7.95. The SMILES string of the molecule is CCC(C(=O)NC1CCCCC1)N(Cc1cccc(OC)c1)C(=O)CCSc1ccc(Cl)cc1. The van der Waals surface area contributed by atoms with Crippen LogP contribution in [0.3, 0.4) is 0 Å². The van der Waals surface area contributed by atoms with Crippen LogP contribution in [0.1, 0.15) is 57.4 Å². The lowest BCUT2D eigenvalue weighted by atomic mass is 9.95. The lowest BCUT2D eigenvalue weighted by Gasteiger charge is -2.33. The van der Waals surface area contributed by atoms with Gasteiger partial charge in [0.15, 0.2) is 0 Å². The predicted molar refractivity (Wildman–Crippen MR) is 139 cm³/mol. The van der Waals surface area contributed by atoms with Crippen LogP contribution < -0.4 is 10.1 Å². The fourth-order valence-corrected chi connectivity index (χ4v) is 5.33. The smallest absolute Gasteiger partial charge is 0.243 e. The maximum absolute atomic E-state index is 13.4. The summed E-state index contributed by atoms with van der Waals surface area (Å²) >= 11 is 7.59. The number of hydrogen-bond donors (Lipinski definition) is 1. The van der Waals surface area contributed by atoms with E-state index in [1.807, 2.05) is 55.5 Å². The Kier molecular flexibility index (Phi) is 10.6. The number of methoxy groups -OCH3 is 1. The molecule has 1 saturated carbocycles. The molecule has 0 heterocycles. The van der Waals surface area contributed by atoms with Crippen LogP contribution in [-0.2, 0) is 16.1 Å². The van der Waals surface area contributed by atoms with Gasteiger partial charge in [0, 0.05) is 34.7 Å². The Labute approximate surface area is 212 Å². The summed E-state index contributed by atoms with van der Waals surface area (Å²) in [5.41, 5.74) is 0.946. The van der Waals surface area contributed by atoms with Crippen LogP contribution in [0.25, 0.3) is 0 Å². The van der Waals surface area contributed by atoms with E-state index in [1.54, 1.807) is 23.8 Å². The van der Waals surface area contributed by atoms with Crippen molar-refractivity contribution in [3.05, 3.63) is 59.1 Å². The van der Waals surface area contributed by atoms with E-state index in [4.69, 9.17) is 16.3 Å². The molecular weight excluding hydrogens is 468 g/mol. The van der Waals surface area contributed by atoms with E-state index < -0.39 is 6.04 Å². The number of carbonyl (C=O) groups is 2. The second-order valence-electron chi connectivity index (χ2n) is 8.69. The summed E-state index contributed by atoms with van der Waals surface area (Å²) in [4.78, 5) is 29.5. The molecule has 2 aromatic carbocycles. The van der Waals surface area contributed by atoms with E-state index in [9.17, 15) is 9.59 Å². The highest BCUT2D eigenvalue weighted by Gasteiger charge is 2.30. The van der Waals surface area contributed by atoms with Gasteiger partial charge in [-0.1, -0.05) is 49.9 Å². The lowest BCUT2D eigenvalue weighted by molar-refractivity contribution is -0.141. The minimum absolute atomic E-state index is 0.0186. The average Bonchev–Trinajstić information content (AvgIpc) is 2.85. The monoisotopic (exact) mass is 502 g/mol. The Balaban J connectivity index is 1.71. The number of amides is 2. The van der Waals surface area contributed by atoms with Gasteiger partial charge in [-0.2, -0.15) is 0 Å². The predicted octanol–water partition coefficient (Wildman–Crippen LogP) is 6.09. The summed E-state index contributed by atoms with van der Waals surface area (Å²) in [6, 6.07) is 15.0. The molecule has 1 aliphatic carbocycles. The van der Waals surface area contributed by atoms with Crippen molar-refractivity contribution >= 4 is 35.2 Å². The van der Waals surface area contributed by atoms with E-state index in [0.717, 1.165) is 41.9 Å². The number of halogens is 1. The van der Waals surface area contributed by atoms with Crippen molar-refractivity contribution in [2.24, 2.45) is 0 Å². The van der Waals surface area contributed by atoms with Crippen molar-refractivity contribution in [2.75, 3.05) is 12.9 Å². The molecular formula is C27H35ClN2O3S. The maximum Gasteiger partial charge on any atom is 0.243 e. The Morgan fingerprint density at radius 1 is 1.15 bits per heavy atom. The van der Waals surface area contributed by atoms with Gasteiger partial charge in [0.2, 0.25) is 11.8 Å². The molecule has 0 saturated heterocycles. The molecule has 0 aromatic heterocycles. The minimum atomic E-state index is -0.499. The van der Waals surface area contributed by atoms with Crippen LogP contribution in [0.15, 0.2) is 53.4 Å². The molecule has 0 aliphatic heterocycles. The second kappa shape index (κ2) is 13.6. The first-order valence-electron chi connectivity index (χ1n) is 12.1. The Hall–Kier alpha value is -2.18. The molecule has 1 unspecified atom stereocenters. The van der Waals surface area contributed by atoms with Crippen LogP contribution in [-0.4, -0.2) is 41.7 Å². The van der Waals surface area contributed by atoms with E-state index >= 15 is 0 Å². The standard InChI is InChI=1S/C27H35ClN2O3S/c1-3-25(27(32)29-22-9-5-4-6-10-22)30(19-20-8-7-11-23(18-20)33-2)26(31)16-17-34-24-14-12-21(28)13-15-24/h7-8,11-15,18,22,25H,3-6,9-10,16-17,19H2,1-2H3,(H,29,32). The van der Waals surface area contributed by atoms with Gasteiger partial charge in [-0.15, -0.1) is 11.8 Å². The normalized spacial score (nSPS) is 14.9. The fourth-order valence-electron chi connectivity index (χ4n) is 4.36. The van der Waals surface area contributed by atoms with Gasteiger partial charge in [-0.05, 0) is 61.2 Å². The van der Waals surface area contributed by atoms with Crippen LogP contribution in [0.5, 0.6) is 5.75 Å². The topological polar surface area (TPSA) is 58.6 Å². The van der Waals surface area contributed by atoms with Crippen molar-refractivity contribution in [2.45, 2.75) is 75.4 Å². The van der Waals surface area contributed by atoms with Crippen LogP contribution in [0, 0.1) is 0 Å². The highest BCUT2D eigenvalue weighted by molar-refractivity contribution is 7.99. The molecule has 7 heteroatoms. The zero-order chi connectivity index (χ0) is 24.3. The molecule has 3 rings (SSSR count). The molecule has 1 aliphatic rings. The van der Waals surface area contributed by atoms with Crippen molar-refractivity contribution < 1.29 is 14.3 Å². The highest BCUT2D eigenvalue weighted by atomic mass is 35.5. The van der Waals surface area contributed by atoms with Crippen molar-refractivity contribution in [1.29, 1.82) is 0 Å². The molecule has 0 bridgehead atoms. The van der Waals surface area contributed by atoms with E-state index in [0.29, 0.717) is 30.2 Å². The summed E-state index contributed by atoms with van der Waals surface area (Å²) in [7, 11) is 1.63. The molecule has 2 aromatic rings. The third-order valence-electron chi connectivity index (χ3n) is 6.22. The number of thioether (sulfide) groups is 1. The Morgan fingerprint density at radius 3 is 2.56 bits per heavy atom. The Morgan fingerprint density at radius 2 is 1.88 bits per heavy atom. The molecule has 0 spiro atoms. The first-order valence-corrected chi connectivity index (χ1v) is 13.5. The molecule has 2 amide bonds. The molecule has 1 fully saturated rings. The van der Waals surface area contributed by atoms with Gasteiger partial charge in [0.1, 0.15) is 11.8 Å². The van der Waals surface area contributed by atoms with Crippen molar-refractivity contribution in [1.82, 2.24) is 10.2 Å². The van der Waals surface area contributed by atoms with Crippen molar-refractivity contribution in [3.8, 4) is 5.75 Å². The molecule has 1 N–H and O–H groups in total. The Bertz CT molecular complexity index is 932. The highest BCUT2D eigenvalue weighted by Crippen LogP contribution is 2.23. The van der Waals surface area contributed by atoms with Gasteiger partial charge >= 0.3 is 0 Å². The van der Waals surface area contributed by atoms with E-state index in [-0.39, 0.29) is 17.9 Å².